The van der Waals surface area contributed by atoms with E-state index in [1.54, 1.807) is 6.92 Å². The first-order chi connectivity index (χ1) is 9.63. The summed E-state index contributed by atoms with van der Waals surface area (Å²) in [5.74, 6) is -0.227. The highest BCUT2D eigenvalue weighted by atomic mass is 16.4. The standard InChI is InChI=1S/C16H17NO3/c1-11-8-14(20-15(11)16(18)19)10-17-7-6-12-4-2-3-5-13(12)9-17/h2-5,8H,6-7,9-10H2,1H3,(H,18,19). The molecule has 3 rings (SSSR count). The number of rotatable bonds is 3. The van der Waals surface area contributed by atoms with Crippen LogP contribution in [0.3, 0.4) is 0 Å². The second-order valence-corrected chi connectivity index (χ2v) is 5.26. The molecule has 0 bridgehead atoms. The summed E-state index contributed by atoms with van der Waals surface area (Å²) in [5.41, 5.74) is 3.44. The van der Waals surface area contributed by atoms with Crippen molar-refractivity contribution in [2.75, 3.05) is 6.54 Å². The molecule has 1 aromatic heterocycles. The average molecular weight is 271 g/mol. The van der Waals surface area contributed by atoms with E-state index in [1.807, 2.05) is 6.07 Å². The van der Waals surface area contributed by atoms with Crippen LogP contribution in [0.1, 0.15) is 33.0 Å². The molecule has 0 radical (unpaired) electrons. The van der Waals surface area contributed by atoms with Crippen LogP contribution in [0.4, 0.5) is 0 Å². The van der Waals surface area contributed by atoms with Gasteiger partial charge in [0, 0.05) is 18.7 Å². The zero-order chi connectivity index (χ0) is 14.1. The second-order valence-electron chi connectivity index (χ2n) is 5.26. The van der Waals surface area contributed by atoms with Crippen LogP contribution in [0.25, 0.3) is 0 Å². The number of carbonyl (C=O) groups is 1. The van der Waals surface area contributed by atoms with Crippen LogP contribution in [0.15, 0.2) is 34.7 Å². The number of hydrogen-bond donors (Lipinski definition) is 1. The summed E-state index contributed by atoms with van der Waals surface area (Å²) in [6, 6.07) is 10.3. The molecule has 0 fully saturated rings. The Morgan fingerprint density at radius 1 is 1.35 bits per heavy atom. The first-order valence-electron chi connectivity index (χ1n) is 6.75. The maximum Gasteiger partial charge on any atom is 0.372 e. The fourth-order valence-electron chi connectivity index (χ4n) is 2.75. The van der Waals surface area contributed by atoms with Crippen molar-refractivity contribution in [1.29, 1.82) is 0 Å². The van der Waals surface area contributed by atoms with Gasteiger partial charge in [0.15, 0.2) is 0 Å². The number of nitrogens with zero attached hydrogens (tertiary/aromatic N) is 1. The van der Waals surface area contributed by atoms with E-state index in [2.05, 4.69) is 29.2 Å². The zero-order valence-electron chi connectivity index (χ0n) is 11.4. The molecular formula is C16H17NO3. The van der Waals surface area contributed by atoms with Gasteiger partial charge in [-0.3, -0.25) is 4.90 Å². The lowest BCUT2D eigenvalue weighted by atomic mass is 10.00. The van der Waals surface area contributed by atoms with Gasteiger partial charge in [-0.25, -0.2) is 4.79 Å². The van der Waals surface area contributed by atoms with Crippen LogP contribution in [0, 0.1) is 6.92 Å². The number of furan rings is 1. The maximum absolute atomic E-state index is 11.0. The normalized spacial score (nSPS) is 15.1. The van der Waals surface area contributed by atoms with Crippen LogP contribution in [-0.4, -0.2) is 22.5 Å². The van der Waals surface area contributed by atoms with Crippen molar-refractivity contribution >= 4 is 5.97 Å². The largest absolute Gasteiger partial charge is 0.475 e. The molecule has 20 heavy (non-hydrogen) atoms. The minimum absolute atomic E-state index is 0.0532. The minimum atomic E-state index is -1.00. The molecule has 0 saturated carbocycles. The molecule has 0 atom stereocenters. The van der Waals surface area contributed by atoms with E-state index in [0.29, 0.717) is 12.1 Å². The van der Waals surface area contributed by atoms with E-state index < -0.39 is 5.97 Å². The molecule has 0 unspecified atom stereocenters. The van der Waals surface area contributed by atoms with Crippen molar-refractivity contribution in [3.63, 3.8) is 0 Å². The highest BCUT2D eigenvalue weighted by Gasteiger charge is 2.19. The van der Waals surface area contributed by atoms with Crippen LogP contribution < -0.4 is 0 Å². The van der Waals surface area contributed by atoms with Gasteiger partial charge in [0.25, 0.3) is 0 Å². The molecule has 2 heterocycles. The number of carboxylic acids is 1. The first-order valence-corrected chi connectivity index (χ1v) is 6.75. The molecule has 0 aliphatic carbocycles. The van der Waals surface area contributed by atoms with Gasteiger partial charge in [0.1, 0.15) is 5.76 Å². The third-order valence-electron chi connectivity index (χ3n) is 3.75. The zero-order valence-corrected chi connectivity index (χ0v) is 11.4. The van der Waals surface area contributed by atoms with Gasteiger partial charge in [-0.05, 0) is 30.5 Å². The molecule has 1 N–H and O–H groups in total. The Morgan fingerprint density at radius 3 is 2.80 bits per heavy atom. The molecule has 1 aromatic carbocycles. The van der Waals surface area contributed by atoms with Crippen LogP contribution in [0.2, 0.25) is 0 Å². The Bertz CT molecular complexity index is 645. The predicted octanol–water partition coefficient (Wildman–Crippen LogP) is 2.84. The van der Waals surface area contributed by atoms with E-state index in [9.17, 15) is 4.79 Å². The molecule has 0 amide bonds. The van der Waals surface area contributed by atoms with Gasteiger partial charge >= 0.3 is 5.97 Å². The highest BCUT2D eigenvalue weighted by molar-refractivity contribution is 5.86. The Labute approximate surface area is 117 Å². The summed E-state index contributed by atoms with van der Waals surface area (Å²) in [6.07, 6.45) is 1.03. The van der Waals surface area contributed by atoms with E-state index in [0.717, 1.165) is 25.3 Å². The third-order valence-corrected chi connectivity index (χ3v) is 3.75. The van der Waals surface area contributed by atoms with E-state index in [-0.39, 0.29) is 5.76 Å². The number of carboxylic acid groups (broad SMARTS) is 1. The average Bonchev–Trinajstić information content (AvgIpc) is 2.79. The van der Waals surface area contributed by atoms with Crippen LogP contribution in [0.5, 0.6) is 0 Å². The van der Waals surface area contributed by atoms with Gasteiger partial charge in [-0.1, -0.05) is 24.3 Å². The summed E-state index contributed by atoms with van der Waals surface area (Å²) in [7, 11) is 0. The van der Waals surface area contributed by atoms with Crippen molar-refractivity contribution in [2.45, 2.75) is 26.4 Å². The lowest BCUT2D eigenvalue weighted by molar-refractivity contribution is 0.0657. The summed E-state index contributed by atoms with van der Waals surface area (Å²) < 4.78 is 5.43. The summed E-state index contributed by atoms with van der Waals surface area (Å²) in [6.45, 7) is 4.28. The Morgan fingerprint density at radius 2 is 2.10 bits per heavy atom. The van der Waals surface area contributed by atoms with Crippen molar-refractivity contribution in [3.8, 4) is 0 Å². The molecule has 1 aliphatic rings. The lowest BCUT2D eigenvalue weighted by Crippen LogP contribution is -2.29. The van der Waals surface area contributed by atoms with Crippen LogP contribution >= 0.6 is 0 Å². The fraction of sp³-hybridized carbons (Fsp3) is 0.312. The summed E-state index contributed by atoms with van der Waals surface area (Å²) in [4.78, 5) is 13.3. The SMILES string of the molecule is Cc1cc(CN2CCc3ccccc3C2)oc1C(=O)O. The van der Waals surface area contributed by atoms with E-state index in [1.165, 1.54) is 11.1 Å². The number of fused-ring (bicyclic) bond motifs is 1. The Hall–Kier alpha value is -2.07. The van der Waals surface area contributed by atoms with Gasteiger partial charge in [-0.2, -0.15) is 0 Å². The number of benzene rings is 1. The second kappa shape index (κ2) is 5.13. The monoisotopic (exact) mass is 271 g/mol. The van der Waals surface area contributed by atoms with Crippen molar-refractivity contribution < 1.29 is 14.3 Å². The quantitative estimate of drug-likeness (QED) is 0.932. The molecular weight excluding hydrogens is 254 g/mol. The molecule has 0 saturated heterocycles. The predicted molar refractivity (Wildman–Crippen MR) is 74.7 cm³/mol. The van der Waals surface area contributed by atoms with Crippen molar-refractivity contribution in [3.05, 3.63) is 58.5 Å². The molecule has 0 spiro atoms. The Kier molecular flexibility index (Phi) is 3.32. The molecule has 1 aliphatic heterocycles. The number of aryl methyl sites for hydroxylation is 1. The smallest absolute Gasteiger partial charge is 0.372 e. The molecule has 2 aromatic rings. The maximum atomic E-state index is 11.0. The summed E-state index contributed by atoms with van der Waals surface area (Å²) >= 11 is 0. The highest BCUT2D eigenvalue weighted by Crippen LogP contribution is 2.22. The van der Waals surface area contributed by atoms with Gasteiger partial charge in [-0.15, -0.1) is 0 Å². The molecule has 4 heteroatoms. The van der Waals surface area contributed by atoms with E-state index >= 15 is 0 Å². The van der Waals surface area contributed by atoms with E-state index in [4.69, 9.17) is 9.52 Å². The number of aromatic carboxylic acids is 1. The van der Waals surface area contributed by atoms with Crippen LogP contribution in [-0.2, 0) is 19.5 Å². The fourth-order valence-corrected chi connectivity index (χ4v) is 2.75. The lowest BCUT2D eigenvalue weighted by Gasteiger charge is -2.27. The number of hydrogen-bond acceptors (Lipinski definition) is 3. The van der Waals surface area contributed by atoms with Crippen molar-refractivity contribution in [1.82, 2.24) is 4.90 Å². The third kappa shape index (κ3) is 2.47. The van der Waals surface area contributed by atoms with Gasteiger partial charge < -0.3 is 9.52 Å². The van der Waals surface area contributed by atoms with Gasteiger partial charge in [0.05, 0.1) is 6.54 Å². The molecule has 4 nitrogen and oxygen atoms in total. The topological polar surface area (TPSA) is 53.7 Å². The molecule has 104 valence electrons. The minimum Gasteiger partial charge on any atom is -0.475 e. The summed E-state index contributed by atoms with van der Waals surface area (Å²) in [5, 5.41) is 9.01. The first kappa shape index (κ1) is 12.9. The van der Waals surface area contributed by atoms with Gasteiger partial charge in [0.2, 0.25) is 5.76 Å². The van der Waals surface area contributed by atoms with Crippen molar-refractivity contribution in [2.24, 2.45) is 0 Å². The Balaban J connectivity index is 1.74.